The van der Waals surface area contributed by atoms with Gasteiger partial charge in [0.1, 0.15) is 6.54 Å². The maximum absolute atomic E-state index is 12.1. The summed E-state index contributed by atoms with van der Waals surface area (Å²) < 4.78 is 0. The second-order valence-electron chi connectivity index (χ2n) is 4.78. The molecule has 1 heterocycles. The Balaban J connectivity index is 2.01. The molecule has 0 atom stereocenters. The van der Waals surface area contributed by atoms with Gasteiger partial charge in [0.25, 0.3) is 0 Å². The van der Waals surface area contributed by atoms with Crippen molar-refractivity contribution in [1.29, 1.82) is 0 Å². The van der Waals surface area contributed by atoms with Crippen LogP contribution in [-0.4, -0.2) is 40.1 Å². The molecule has 1 fully saturated rings. The van der Waals surface area contributed by atoms with Crippen LogP contribution in [0.2, 0.25) is 0 Å². The number of aryl methyl sites for hydroxylation is 1. The Morgan fingerprint density at radius 3 is 2.84 bits per heavy atom. The maximum atomic E-state index is 12.1. The van der Waals surface area contributed by atoms with Crippen molar-refractivity contribution < 1.29 is 14.7 Å². The zero-order valence-electron chi connectivity index (χ0n) is 10.8. The third-order valence-electron chi connectivity index (χ3n) is 3.04. The summed E-state index contributed by atoms with van der Waals surface area (Å²) in [6.07, 6.45) is 3.77. The molecule has 0 saturated heterocycles. The van der Waals surface area contributed by atoms with Crippen LogP contribution in [0.15, 0.2) is 18.3 Å². The zero-order valence-corrected chi connectivity index (χ0v) is 10.8. The van der Waals surface area contributed by atoms with Crippen LogP contribution in [-0.2, 0) is 4.79 Å². The van der Waals surface area contributed by atoms with Gasteiger partial charge in [-0.05, 0) is 37.8 Å². The number of urea groups is 1. The molecule has 102 valence electrons. The number of pyridine rings is 1. The standard InChI is InChI=1S/C13H17N3O3/c1-9-11(3-2-6-14-9)15-13(19)16(8-12(17)18)7-10-4-5-10/h2-3,6,10H,4-5,7-8H2,1H3,(H,15,19)(H,17,18). The van der Waals surface area contributed by atoms with Crippen LogP contribution in [0.1, 0.15) is 18.5 Å². The monoisotopic (exact) mass is 263 g/mol. The van der Waals surface area contributed by atoms with E-state index >= 15 is 0 Å². The maximum Gasteiger partial charge on any atom is 0.323 e. The molecule has 1 aromatic rings. The highest BCUT2D eigenvalue weighted by atomic mass is 16.4. The molecule has 0 spiro atoms. The molecule has 1 aromatic heterocycles. The molecule has 2 N–H and O–H groups in total. The normalized spacial score (nSPS) is 13.9. The number of hydrogen-bond acceptors (Lipinski definition) is 3. The minimum Gasteiger partial charge on any atom is -0.480 e. The first-order valence-corrected chi connectivity index (χ1v) is 6.25. The fraction of sp³-hybridized carbons (Fsp3) is 0.462. The fourth-order valence-electron chi connectivity index (χ4n) is 1.81. The molecule has 2 rings (SSSR count). The Morgan fingerprint density at radius 2 is 2.26 bits per heavy atom. The van der Waals surface area contributed by atoms with E-state index in [2.05, 4.69) is 10.3 Å². The van der Waals surface area contributed by atoms with Crippen LogP contribution < -0.4 is 5.32 Å². The Bertz CT molecular complexity index is 486. The molecule has 1 aliphatic rings. The van der Waals surface area contributed by atoms with Gasteiger partial charge in [-0.2, -0.15) is 0 Å². The molecule has 0 bridgehead atoms. The van der Waals surface area contributed by atoms with Crippen LogP contribution in [0, 0.1) is 12.8 Å². The van der Waals surface area contributed by atoms with Crippen molar-refractivity contribution in [2.24, 2.45) is 5.92 Å². The van der Waals surface area contributed by atoms with Gasteiger partial charge in [0, 0.05) is 12.7 Å². The predicted octanol–water partition coefficient (Wildman–Crippen LogP) is 1.72. The van der Waals surface area contributed by atoms with Gasteiger partial charge in [0.15, 0.2) is 0 Å². The molecule has 0 unspecified atom stereocenters. The second kappa shape index (κ2) is 5.69. The quantitative estimate of drug-likeness (QED) is 0.847. The largest absolute Gasteiger partial charge is 0.480 e. The first-order valence-electron chi connectivity index (χ1n) is 6.25. The van der Waals surface area contributed by atoms with Gasteiger partial charge in [0.05, 0.1) is 11.4 Å². The van der Waals surface area contributed by atoms with E-state index in [1.165, 1.54) is 4.90 Å². The van der Waals surface area contributed by atoms with Gasteiger partial charge in [-0.1, -0.05) is 0 Å². The predicted molar refractivity (Wildman–Crippen MR) is 69.9 cm³/mol. The molecule has 0 radical (unpaired) electrons. The van der Waals surface area contributed by atoms with Gasteiger partial charge < -0.3 is 15.3 Å². The van der Waals surface area contributed by atoms with Crippen molar-refractivity contribution in [1.82, 2.24) is 9.88 Å². The summed E-state index contributed by atoms with van der Waals surface area (Å²) in [4.78, 5) is 28.3. The highest BCUT2D eigenvalue weighted by molar-refractivity contribution is 5.91. The Morgan fingerprint density at radius 1 is 1.53 bits per heavy atom. The van der Waals surface area contributed by atoms with Crippen LogP contribution >= 0.6 is 0 Å². The van der Waals surface area contributed by atoms with Gasteiger partial charge in [-0.15, -0.1) is 0 Å². The molecule has 1 saturated carbocycles. The second-order valence-corrected chi connectivity index (χ2v) is 4.78. The third kappa shape index (κ3) is 3.94. The van der Waals surface area contributed by atoms with Crippen LogP contribution in [0.4, 0.5) is 10.5 Å². The van der Waals surface area contributed by atoms with Crippen molar-refractivity contribution in [2.45, 2.75) is 19.8 Å². The number of amides is 2. The number of carbonyl (C=O) groups is 2. The van der Waals surface area contributed by atoms with Crippen LogP contribution in [0.5, 0.6) is 0 Å². The van der Waals surface area contributed by atoms with Crippen molar-refractivity contribution in [2.75, 3.05) is 18.4 Å². The summed E-state index contributed by atoms with van der Waals surface area (Å²) in [6.45, 7) is 2.01. The number of aromatic nitrogens is 1. The molecule has 2 amide bonds. The lowest BCUT2D eigenvalue weighted by Gasteiger charge is -2.21. The van der Waals surface area contributed by atoms with Crippen LogP contribution in [0.3, 0.4) is 0 Å². The van der Waals surface area contributed by atoms with E-state index in [9.17, 15) is 9.59 Å². The lowest BCUT2D eigenvalue weighted by Crippen LogP contribution is -2.40. The summed E-state index contributed by atoms with van der Waals surface area (Å²) in [6, 6.07) is 3.09. The molecular formula is C13H17N3O3. The lowest BCUT2D eigenvalue weighted by molar-refractivity contribution is -0.137. The molecule has 1 aliphatic carbocycles. The number of carboxylic acids is 1. The summed E-state index contributed by atoms with van der Waals surface area (Å²) in [5.41, 5.74) is 1.32. The topological polar surface area (TPSA) is 82.5 Å². The smallest absolute Gasteiger partial charge is 0.323 e. The minimum absolute atomic E-state index is 0.276. The number of anilines is 1. The average molecular weight is 263 g/mol. The van der Waals surface area contributed by atoms with Crippen LogP contribution in [0.25, 0.3) is 0 Å². The van der Waals surface area contributed by atoms with Gasteiger partial charge >= 0.3 is 12.0 Å². The molecule has 6 nitrogen and oxygen atoms in total. The molecule has 0 aliphatic heterocycles. The number of carboxylic acid groups (broad SMARTS) is 1. The molecule has 6 heteroatoms. The summed E-state index contributed by atoms with van der Waals surface area (Å²) in [7, 11) is 0. The summed E-state index contributed by atoms with van der Waals surface area (Å²) >= 11 is 0. The molecular weight excluding hydrogens is 246 g/mol. The summed E-state index contributed by atoms with van der Waals surface area (Å²) in [5.74, 6) is -0.557. The third-order valence-corrected chi connectivity index (χ3v) is 3.04. The first kappa shape index (κ1) is 13.3. The Labute approximate surface area is 111 Å². The van der Waals surface area contributed by atoms with Gasteiger partial charge in [-0.25, -0.2) is 4.79 Å². The fourth-order valence-corrected chi connectivity index (χ4v) is 1.81. The Kier molecular flexibility index (Phi) is 3.99. The van der Waals surface area contributed by atoms with Crippen molar-refractivity contribution >= 4 is 17.7 Å². The van der Waals surface area contributed by atoms with E-state index in [4.69, 9.17) is 5.11 Å². The average Bonchev–Trinajstić information content (AvgIpc) is 3.14. The first-order chi connectivity index (χ1) is 9.06. The van der Waals surface area contributed by atoms with E-state index in [0.717, 1.165) is 12.8 Å². The Hall–Kier alpha value is -2.11. The molecule has 0 aromatic carbocycles. The minimum atomic E-state index is -1.00. The van der Waals surface area contributed by atoms with Gasteiger partial charge in [-0.3, -0.25) is 9.78 Å². The highest BCUT2D eigenvalue weighted by Gasteiger charge is 2.28. The number of nitrogens with one attached hydrogen (secondary N) is 1. The van der Waals surface area contributed by atoms with Crippen molar-refractivity contribution in [3.63, 3.8) is 0 Å². The SMILES string of the molecule is Cc1ncccc1NC(=O)N(CC(=O)O)CC1CC1. The number of carbonyl (C=O) groups excluding carboxylic acids is 1. The highest BCUT2D eigenvalue weighted by Crippen LogP contribution is 2.29. The lowest BCUT2D eigenvalue weighted by atomic mass is 10.3. The molecule has 19 heavy (non-hydrogen) atoms. The number of aliphatic carboxylic acids is 1. The number of nitrogens with zero attached hydrogens (tertiary/aromatic N) is 2. The van der Waals surface area contributed by atoms with Crippen molar-refractivity contribution in [3.05, 3.63) is 24.0 Å². The van der Waals surface area contributed by atoms with E-state index in [1.807, 2.05) is 0 Å². The van der Waals surface area contributed by atoms with E-state index in [1.54, 1.807) is 25.3 Å². The zero-order chi connectivity index (χ0) is 13.8. The van der Waals surface area contributed by atoms with E-state index in [0.29, 0.717) is 23.8 Å². The number of hydrogen-bond donors (Lipinski definition) is 2. The van der Waals surface area contributed by atoms with Crippen molar-refractivity contribution in [3.8, 4) is 0 Å². The van der Waals surface area contributed by atoms with Gasteiger partial charge in [0.2, 0.25) is 0 Å². The van der Waals surface area contributed by atoms with E-state index < -0.39 is 5.97 Å². The van der Waals surface area contributed by atoms with E-state index in [-0.39, 0.29) is 12.6 Å². The number of rotatable bonds is 5. The summed E-state index contributed by atoms with van der Waals surface area (Å²) in [5, 5.41) is 11.6.